The predicted octanol–water partition coefficient (Wildman–Crippen LogP) is 2.07. The lowest BCUT2D eigenvalue weighted by atomic mass is 9.70. The number of aliphatic imine (C=N–C) groups is 2. The van der Waals surface area contributed by atoms with Crippen molar-refractivity contribution in [2.75, 3.05) is 19.6 Å². The molecule has 6 heteroatoms. The van der Waals surface area contributed by atoms with Crippen molar-refractivity contribution in [2.45, 2.75) is 65.0 Å². The Bertz CT molecular complexity index is 698. The van der Waals surface area contributed by atoms with E-state index >= 15 is 0 Å². The molecular weight excluding hydrogens is 348 g/mol. The molecule has 0 amide bonds. The molecule has 3 aliphatic rings. The van der Waals surface area contributed by atoms with Gasteiger partial charge in [0.05, 0.1) is 12.6 Å². The Hall–Kier alpha value is -2.00. The Morgan fingerprint density at radius 3 is 2.89 bits per heavy atom. The van der Waals surface area contributed by atoms with Crippen LogP contribution in [0.2, 0.25) is 0 Å². The first-order valence-corrected chi connectivity index (χ1v) is 10.8. The lowest BCUT2D eigenvalue weighted by Gasteiger charge is -2.45. The highest BCUT2D eigenvalue weighted by molar-refractivity contribution is 5.98. The molecule has 1 fully saturated rings. The van der Waals surface area contributed by atoms with Crippen LogP contribution in [0.25, 0.3) is 0 Å². The minimum atomic E-state index is 0.154. The minimum absolute atomic E-state index is 0.154. The van der Waals surface area contributed by atoms with Crippen LogP contribution in [0.5, 0.6) is 0 Å². The smallest absolute Gasteiger partial charge is 0.217 e. The molecule has 1 saturated carbocycles. The van der Waals surface area contributed by atoms with Gasteiger partial charge in [-0.3, -0.25) is 0 Å². The van der Waals surface area contributed by atoms with Gasteiger partial charge in [0.2, 0.25) is 5.96 Å². The maximum Gasteiger partial charge on any atom is 0.217 e. The Kier molecular flexibility index (Phi) is 7.01. The van der Waals surface area contributed by atoms with E-state index < -0.39 is 0 Å². The second-order valence-electron chi connectivity index (χ2n) is 8.44. The van der Waals surface area contributed by atoms with Gasteiger partial charge >= 0.3 is 0 Å². The number of fused-ring (bicyclic) bond motifs is 3. The zero-order valence-corrected chi connectivity index (χ0v) is 17.6. The Morgan fingerprint density at radius 2 is 2.14 bits per heavy atom. The maximum absolute atomic E-state index is 6.33. The number of amidine groups is 1. The number of nitrogens with one attached hydrogen (secondary N) is 1. The Balaban J connectivity index is 1.84. The van der Waals surface area contributed by atoms with E-state index in [9.17, 15) is 0 Å². The molecule has 2 heterocycles. The molecule has 4 unspecified atom stereocenters. The van der Waals surface area contributed by atoms with Gasteiger partial charge in [-0.2, -0.15) is 0 Å². The SMILES string of the molecule is CCNC/C(=C\N1CC#CCC2C3C(N)=NC(N)=NC3CC[C@H]21)CC(C)CC. The van der Waals surface area contributed by atoms with Gasteiger partial charge in [0, 0.05) is 37.0 Å². The molecule has 1 aliphatic carbocycles. The number of nitrogens with zero attached hydrogens (tertiary/aromatic N) is 3. The van der Waals surface area contributed by atoms with Crippen molar-refractivity contribution in [1.82, 2.24) is 10.2 Å². The maximum atomic E-state index is 6.33. The second-order valence-corrected chi connectivity index (χ2v) is 8.44. The average Bonchev–Trinajstić information content (AvgIpc) is 2.87. The van der Waals surface area contributed by atoms with Crippen LogP contribution in [0.15, 0.2) is 21.8 Å². The fraction of sp³-hybridized carbons (Fsp3) is 0.727. The van der Waals surface area contributed by atoms with Crippen molar-refractivity contribution >= 4 is 11.8 Å². The molecule has 0 aromatic rings. The highest BCUT2D eigenvalue weighted by Crippen LogP contribution is 2.39. The summed E-state index contributed by atoms with van der Waals surface area (Å²) in [6, 6.07) is 0.575. The summed E-state index contributed by atoms with van der Waals surface area (Å²) in [5, 5.41) is 3.51. The van der Waals surface area contributed by atoms with Crippen LogP contribution in [0, 0.1) is 29.6 Å². The third-order valence-corrected chi connectivity index (χ3v) is 6.42. The number of rotatable bonds is 7. The second kappa shape index (κ2) is 9.47. The van der Waals surface area contributed by atoms with Crippen molar-refractivity contribution in [3.63, 3.8) is 0 Å². The zero-order valence-electron chi connectivity index (χ0n) is 17.6. The van der Waals surface area contributed by atoms with Crippen molar-refractivity contribution in [1.29, 1.82) is 0 Å². The van der Waals surface area contributed by atoms with E-state index in [0.29, 0.717) is 29.7 Å². The highest BCUT2D eigenvalue weighted by Gasteiger charge is 2.44. The zero-order chi connectivity index (χ0) is 20.1. The van der Waals surface area contributed by atoms with Crippen molar-refractivity contribution < 1.29 is 0 Å². The van der Waals surface area contributed by atoms with Crippen LogP contribution in [0.4, 0.5) is 0 Å². The fourth-order valence-corrected chi connectivity index (χ4v) is 4.78. The summed E-state index contributed by atoms with van der Waals surface area (Å²) in [4.78, 5) is 11.4. The number of nitrogens with two attached hydrogens (primary N) is 2. The molecule has 5 atom stereocenters. The molecule has 3 rings (SSSR count). The van der Waals surface area contributed by atoms with Crippen LogP contribution >= 0.6 is 0 Å². The summed E-state index contributed by atoms with van der Waals surface area (Å²) in [6.45, 7) is 9.47. The highest BCUT2D eigenvalue weighted by atomic mass is 15.2. The van der Waals surface area contributed by atoms with Crippen LogP contribution in [-0.4, -0.2) is 48.4 Å². The van der Waals surface area contributed by atoms with Gasteiger partial charge < -0.3 is 21.7 Å². The molecule has 28 heavy (non-hydrogen) atoms. The van der Waals surface area contributed by atoms with E-state index in [1.165, 1.54) is 12.0 Å². The molecule has 0 spiro atoms. The topological polar surface area (TPSA) is 92.0 Å². The van der Waals surface area contributed by atoms with Gasteiger partial charge in [0.15, 0.2) is 0 Å². The molecule has 2 aliphatic heterocycles. The normalized spacial score (nSPS) is 30.8. The summed E-state index contributed by atoms with van der Waals surface area (Å²) in [6.07, 6.45) is 7.66. The van der Waals surface area contributed by atoms with E-state index in [2.05, 4.69) is 59.0 Å². The average molecular weight is 385 g/mol. The van der Waals surface area contributed by atoms with Gasteiger partial charge in [-0.1, -0.05) is 33.1 Å². The van der Waals surface area contributed by atoms with Crippen molar-refractivity contribution in [2.24, 2.45) is 39.2 Å². The third-order valence-electron chi connectivity index (χ3n) is 6.42. The van der Waals surface area contributed by atoms with Gasteiger partial charge in [-0.25, -0.2) is 9.98 Å². The van der Waals surface area contributed by atoms with Gasteiger partial charge in [0.25, 0.3) is 0 Å². The van der Waals surface area contributed by atoms with Crippen LogP contribution in [0.3, 0.4) is 0 Å². The summed E-state index contributed by atoms with van der Waals surface area (Å²) >= 11 is 0. The number of guanidine groups is 1. The Morgan fingerprint density at radius 1 is 1.32 bits per heavy atom. The molecular formula is C22H36N6. The number of likely N-dealkylation sites (N-methyl/N-ethyl adjacent to an activating group) is 1. The predicted molar refractivity (Wildman–Crippen MR) is 117 cm³/mol. The van der Waals surface area contributed by atoms with E-state index in [-0.39, 0.29) is 12.0 Å². The number of hydrogen-bond acceptors (Lipinski definition) is 6. The van der Waals surface area contributed by atoms with Crippen LogP contribution in [-0.2, 0) is 0 Å². The molecule has 6 nitrogen and oxygen atoms in total. The summed E-state index contributed by atoms with van der Waals surface area (Å²) in [7, 11) is 0. The number of hydrogen-bond donors (Lipinski definition) is 3. The molecule has 0 bridgehead atoms. The fourth-order valence-electron chi connectivity index (χ4n) is 4.78. The Labute approximate surface area is 169 Å². The molecule has 0 aromatic carbocycles. The van der Waals surface area contributed by atoms with E-state index in [0.717, 1.165) is 45.3 Å². The monoisotopic (exact) mass is 384 g/mol. The molecule has 154 valence electrons. The van der Waals surface area contributed by atoms with Crippen LogP contribution in [0.1, 0.15) is 52.9 Å². The van der Waals surface area contributed by atoms with Crippen LogP contribution < -0.4 is 16.8 Å². The van der Waals surface area contributed by atoms with Gasteiger partial charge in [-0.15, -0.1) is 5.92 Å². The first kappa shape index (κ1) is 20.7. The largest absolute Gasteiger partial charge is 0.387 e. The van der Waals surface area contributed by atoms with E-state index in [4.69, 9.17) is 11.5 Å². The summed E-state index contributed by atoms with van der Waals surface area (Å²) < 4.78 is 0. The van der Waals surface area contributed by atoms with E-state index in [1.54, 1.807) is 0 Å². The molecule has 5 N–H and O–H groups in total. The first-order valence-electron chi connectivity index (χ1n) is 10.8. The molecule has 0 radical (unpaired) electrons. The summed E-state index contributed by atoms with van der Waals surface area (Å²) in [5.74, 6) is 8.93. The van der Waals surface area contributed by atoms with Gasteiger partial charge in [-0.05, 0) is 37.3 Å². The minimum Gasteiger partial charge on any atom is -0.387 e. The van der Waals surface area contributed by atoms with E-state index in [1.807, 2.05) is 0 Å². The van der Waals surface area contributed by atoms with Crippen molar-refractivity contribution in [3.8, 4) is 11.8 Å². The lowest BCUT2D eigenvalue weighted by molar-refractivity contribution is 0.127. The van der Waals surface area contributed by atoms with Gasteiger partial charge in [0.1, 0.15) is 5.84 Å². The summed E-state index contributed by atoms with van der Waals surface area (Å²) in [5.41, 5.74) is 13.7. The quantitative estimate of drug-likeness (QED) is 0.586. The molecule has 0 aromatic heterocycles. The first-order chi connectivity index (χ1) is 13.5. The third kappa shape index (κ3) is 4.70. The lowest BCUT2D eigenvalue weighted by Crippen LogP contribution is -2.53. The standard InChI is InChI=1S/C22H36N6/c1-4-15(3)12-16(13-25-5-2)14-28-11-7-6-8-17-19(28)10-9-18-20(17)21(23)27-22(24)26-18/h14-15,17-20,25H,4-5,8-13H2,1-3H3,(H4,23,24,26,27)/b16-14-/t15?,17?,18?,19-,20?/m1/s1. The van der Waals surface area contributed by atoms with Crippen molar-refractivity contribution in [3.05, 3.63) is 11.8 Å². The molecule has 0 saturated heterocycles.